The Kier molecular flexibility index (Phi) is 4.70. The van der Waals surface area contributed by atoms with Gasteiger partial charge in [-0.3, -0.25) is 0 Å². The number of rotatable bonds is 3. The molecule has 0 radical (unpaired) electrons. The van der Waals surface area contributed by atoms with E-state index in [1.54, 1.807) is 0 Å². The predicted molar refractivity (Wildman–Crippen MR) is 108 cm³/mol. The molecule has 0 fully saturated rings. The highest BCUT2D eigenvalue weighted by Crippen LogP contribution is 2.29. The van der Waals surface area contributed by atoms with Crippen LogP contribution in [0.2, 0.25) is 10.0 Å². The van der Waals surface area contributed by atoms with Gasteiger partial charge in [0.1, 0.15) is 0 Å². The summed E-state index contributed by atoms with van der Waals surface area (Å²) >= 11 is 12.3. The highest BCUT2D eigenvalue weighted by atomic mass is 35.5. The standard InChI is InChI=1S/C22H14Cl2N2/c23-18-10-4-8-16(12-18)21-14-20(15-6-2-1-3-7-15)25-22(26-21)17-9-5-11-19(24)13-17/h1-14H. The van der Waals surface area contributed by atoms with Crippen LogP contribution in [0.5, 0.6) is 0 Å². The highest BCUT2D eigenvalue weighted by Gasteiger charge is 2.11. The normalized spacial score (nSPS) is 10.7. The lowest BCUT2D eigenvalue weighted by Gasteiger charge is -2.09. The van der Waals surface area contributed by atoms with Crippen LogP contribution in [-0.2, 0) is 0 Å². The minimum atomic E-state index is 0.629. The van der Waals surface area contributed by atoms with Gasteiger partial charge in [0.25, 0.3) is 0 Å². The Balaban J connectivity index is 1.93. The number of aromatic nitrogens is 2. The molecular formula is C22H14Cl2N2. The molecule has 0 N–H and O–H groups in total. The van der Waals surface area contributed by atoms with E-state index in [1.807, 2.05) is 84.9 Å². The Morgan fingerprint density at radius 1 is 0.500 bits per heavy atom. The van der Waals surface area contributed by atoms with Crippen molar-refractivity contribution in [1.82, 2.24) is 9.97 Å². The van der Waals surface area contributed by atoms with Crippen molar-refractivity contribution in [3.8, 4) is 33.9 Å². The van der Waals surface area contributed by atoms with Crippen LogP contribution in [0, 0.1) is 0 Å². The molecule has 0 amide bonds. The van der Waals surface area contributed by atoms with E-state index in [9.17, 15) is 0 Å². The SMILES string of the molecule is Clc1cccc(-c2cc(-c3ccccc3)nc(-c3cccc(Cl)c3)n2)c1. The molecule has 0 spiro atoms. The molecule has 4 aromatic rings. The van der Waals surface area contributed by atoms with Gasteiger partial charge in [0, 0.05) is 26.7 Å². The zero-order valence-electron chi connectivity index (χ0n) is 13.7. The molecule has 0 atom stereocenters. The van der Waals surface area contributed by atoms with Gasteiger partial charge in [-0.05, 0) is 30.3 Å². The van der Waals surface area contributed by atoms with Gasteiger partial charge in [-0.1, -0.05) is 77.8 Å². The van der Waals surface area contributed by atoms with Crippen molar-refractivity contribution in [1.29, 1.82) is 0 Å². The number of nitrogens with zero attached hydrogens (tertiary/aromatic N) is 2. The van der Waals surface area contributed by atoms with Gasteiger partial charge in [0.15, 0.2) is 5.82 Å². The Hall–Kier alpha value is -2.68. The van der Waals surface area contributed by atoms with Gasteiger partial charge in [-0.15, -0.1) is 0 Å². The molecule has 0 unspecified atom stereocenters. The molecule has 126 valence electrons. The lowest BCUT2D eigenvalue weighted by molar-refractivity contribution is 1.18. The lowest BCUT2D eigenvalue weighted by Crippen LogP contribution is -1.95. The van der Waals surface area contributed by atoms with Gasteiger partial charge in [-0.25, -0.2) is 9.97 Å². The van der Waals surface area contributed by atoms with Crippen molar-refractivity contribution in [3.05, 3.63) is 95.0 Å². The summed E-state index contributed by atoms with van der Waals surface area (Å²) in [6, 6.07) is 27.2. The quantitative estimate of drug-likeness (QED) is 0.393. The number of hydrogen-bond acceptors (Lipinski definition) is 2. The summed E-state index contributed by atoms with van der Waals surface area (Å²) in [5.41, 5.74) is 4.52. The van der Waals surface area contributed by atoms with Crippen LogP contribution in [0.15, 0.2) is 84.9 Å². The highest BCUT2D eigenvalue weighted by molar-refractivity contribution is 6.31. The molecule has 0 saturated heterocycles. The Bertz CT molecular complexity index is 999. The zero-order valence-corrected chi connectivity index (χ0v) is 15.2. The molecule has 1 aromatic heterocycles. The zero-order chi connectivity index (χ0) is 17.9. The van der Waals surface area contributed by atoms with E-state index in [1.165, 1.54) is 0 Å². The van der Waals surface area contributed by atoms with Gasteiger partial charge in [0.05, 0.1) is 11.4 Å². The maximum Gasteiger partial charge on any atom is 0.160 e. The molecular weight excluding hydrogens is 363 g/mol. The second kappa shape index (κ2) is 7.28. The molecule has 3 aromatic carbocycles. The molecule has 0 aliphatic heterocycles. The van der Waals surface area contributed by atoms with Gasteiger partial charge >= 0.3 is 0 Å². The van der Waals surface area contributed by atoms with Crippen molar-refractivity contribution in [3.63, 3.8) is 0 Å². The third kappa shape index (κ3) is 3.62. The van der Waals surface area contributed by atoms with Crippen LogP contribution in [-0.4, -0.2) is 9.97 Å². The smallest absolute Gasteiger partial charge is 0.160 e. The second-order valence-electron chi connectivity index (χ2n) is 5.85. The molecule has 1 heterocycles. The fraction of sp³-hybridized carbons (Fsp3) is 0. The minimum absolute atomic E-state index is 0.629. The van der Waals surface area contributed by atoms with Gasteiger partial charge in [0.2, 0.25) is 0 Å². The van der Waals surface area contributed by atoms with Crippen LogP contribution in [0.1, 0.15) is 0 Å². The van der Waals surface area contributed by atoms with Crippen molar-refractivity contribution in [2.45, 2.75) is 0 Å². The van der Waals surface area contributed by atoms with E-state index in [0.717, 1.165) is 28.1 Å². The molecule has 4 heteroatoms. The van der Waals surface area contributed by atoms with Crippen LogP contribution in [0.4, 0.5) is 0 Å². The molecule has 0 saturated carbocycles. The van der Waals surface area contributed by atoms with Crippen molar-refractivity contribution < 1.29 is 0 Å². The monoisotopic (exact) mass is 376 g/mol. The lowest BCUT2D eigenvalue weighted by atomic mass is 10.1. The molecule has 2 nitrogen and oxygen atoms in total. The van der Waals surface area contributed by atoms with E-state index in [4.69, 9.17) is 33.2 Å². The summed E-state index contributed by atoms with van der Waals surface area (Å²) in [6.07, 6.45) is 0. The third-order valence-electron chi connectivity index (χ3n) is 4.00. The molecule has 26 heavy (non-hydrogen) atoms. The third-order valence-corrected chi connectivity index (χ3v) is 4.47. The van der Waals surface area contributed by atoms with Gasteiger partial charge in [-0.2, -0.15) is 0 Å². The minimum Gasteiger partial charge on any atom is -0.228 e. The second-order valence-corrected chi connectivity index (χ2v) is 6.72. The number of benzene rings is 3. The topological polar surface area (TPSA) is 25.8 Å². The van der Waals surface area contributed by atoms with Crippen molar-refractivity contribution >= 4 is 23.2 Å². The summed E-state index contributed by atoms with van der Waals surface area (Å²) in [5.74, 6) is 0.629. The average Bonchev–Trinajstić information content (AvgIpc) is 2.68. The summed E-state index contributed by atoms with van der Waals surface area (Å²) in [5, 5.41) is 1.33. The largest absolute Gasteiger partial charge is 0.228 e. The van der Waals surface area contributed by atoms with Gasteiger partial charge < -0.3 is 0 Å². The number of halogens is 2. The summed E-state index contributed by atoms with van der Waals surface area (Å²) in [6.45, 7) is 0. The van der Waals surface area contributed by atoms with E-state index in [-0.39, 0.29) is 0 Å². The Morgan fingerprint density at radius 3 is 1.69 bits per heavy atom. The fourth-order valence-corrected chi connectivity index (χ4v) is 3.14. The predicted octanol–water partition coefficient (Wildman–Crippen LogP) is 6.78. The van der Waals surface area contributed by atoms with Crippen LogP contribution in [0.25, 0.3) is 33.9 Å². The first-order chi connectivity index (χ1) is 12.7. The number of hydrogen-bond donors (Lipinski definition) is 0. The first-order valence-corrected chi connectivity index (χ1v) is 8.91. The Morgan fingerprint density at radius 2 is 1.04 bits per heavy atom. The fourth-order valence-electron chi connectivity index (χ4n) is 2.76. The van der Waals surface area contributed by atoms with Crippen LogP contribution < -0.4 is 0 Å². The van der Waals surface area contributed by atoms with Crippen LogP contribution >= 0.6 is 23.2 Å². The summed E-state index contributed by atoms with van der Waals surface area (Å²) in [4.78, 5) is 9.51. The van der Waals surface area contributed by atoms with Crippen LogP contribution in [0.3, 0.4) is 0 Å². The van der Waals surface area contributed by atoms with E-state index < -0.39 is 0 Å². The first-order valence-electron chi connectivity index (χ1n) is 8.15. The molecule has 0 bridgehead atoms. The molecule has 0 aliphatic carbocycles. The van der Waals surface area contributed by atoms with Crippen molar-refractivity contribution in [2.24, 2.45) is 0 Å². The van der Waals surface area contributed by atoms with E-state index in [0.29, 0.717) is 15.9 Å². The van der Waals surface area contributed by atoms with E-state index in [2.05, 4.69) is 0 Å². The first kappa shape index (κ1) is 16.8. The maximum atomic E-state index is 6.17. The average molecular weight is 377 g/mol. The summed E-state index contributed by atoms with van der Waals surface area (Å²) < 4.78 is 0. The molecule has 4 rings (SSSR count). The summed E-state index contributed by atoms with van der Waals surface area (Å²) in [7, 11) is 0. The Labute approximate surface area is 162 Å². The molecule has 0 aliphatic rings. The van der Waals surface area contributed by atoms with Crippen molar-refractivity contribution in [2.75, 3.05) is 0 Å². The van der Waals surface area contributed by atoms with E-state index >= 15 is 0 Å². The maximum absolute atomic E-state index is 6.17.